The van der Waals surface area contributed by atoms with Crippen molar-refractivity contribution in [2.45, 2.75) is 0 Å². The van der Waals surface area contributed by atoms with Crippen LogP contribution in [0.2, 0.25) is 5.02 Å². The highest BCUT2D eigenvalue weighted by molar-refractivity contribution is 8.19. The Bertz CT molecular complexity index is 1190. The number of hydrogen-bond donors (Lipinski definition) is 0. The van der Waals surface area contributed by atoms with Crippen molar-refractivity contribution < 1.29 is 18.9 Å². The van der Waals surface area contributed by atoms with E-state index < -0.39 is 16.1 Å². The topological polar surface area (TPSA) is 93.7 Å². The first kappa shape index (κ1) is 19.0. The predicted molar refractivity (Wildman–Crippen MR) is 111 cm³/mol. The second-order valence-corrected chi connectivity index (χ2v) is 7.44. The van der Waals surface area contributed by atoms with E-state index >= 15 is 0 Å². The monoisotopic (exact) mass is 426 g/mol. The molecule has 0 saturated carbocycles. The summed E-state index contributed by atoms with van der Waals surface area (Å²) in [6.07, 6.45) is 1.47. The number of nitro groups is 1. The van der Waals surface area contributed by atoms with Crippen LogP contribution in [0.3, 0.4) is 0 Å². The normalized spacial score (nSPS) is 15.3. The Hall–Kier alpha value is -3.36. The van der Waals surface area contributed by atoms with Crippen LogP contribution in [-0.2, 0) is 4.79 Å². The quantitative estimate of drug-likeness (QED) is 0.299. The molecule has 144 valence electrons. The van der Waals surface area contributed by atoms with Crippen molar-refractivity contribution in [2.75, 3.05) is 4.90 Å². The Morgan fingerprint density at radius 1 is 1.07 bits per heavy atom. The molecular formula is C20H11ClN2O5S. The third-order valence-electron chi connectivity index (χ3n) is 4.10. The molecule has 0 aliphatic carbocycles. The number of nitrogens with zero attached hydrogens (tertiary/aromatic N) is 2. The lowest BCUT2D eigenvalue weighted by atomic mass is 10.1. The zero-order valence-electron chi connectivity index (χ0n) is 14.6. The maximum absolute atomic E-state index is 12.7. The summed E-state index contributed by atoms with van der Waals surface area (Å²) in [7, 11) is 0. The molecule has 4 rings (SSSR count). The first-order chi connectivity index (χ1) is 13.9. The van der Waals surface area contributed by atoms with Gasteiger partial charge in [-0.1, -0.05) is 29.8 Å². The summed E-state index contributed by atoms with van der Waals surface area (Å²) < 4.78 is 5.69. The van der Waals surface area contributed by atoms with Gasteiger partial charge in [-0.25, -0.2) is 4.90 Å². The van der Waals surface area contributed by atoms with E-state index in [1.807, 2.05) is 0 Å². The Labute approximate surface area is 173 Å². The lowest BCUT2D eigenvalue weighted by Gasteiger charge is -2.12. The Balaban J connectivity index is 1.61. The Kier molecular flexibility index (Phi) is 4.96. The van der Waals surface area contributed by atoms with Crippen molar-refractivity contribution in [3.8, 4) is 11.3 Å². The standard InChI is InChI=1S/C20H11ClN2O5S/c21-13-4-2-5-14(10-13)22-19(24)18(29-20(22)25)11-16-7-8-17(28-16)12-3-1-6-15(9-12)23(26)27/h1-11H/b18-11+. The van der Waals surface area contributed by atoms with Gasteiger partial charge in [0.2, 0.25) is 0 Å². The Morgan fingerprint density at radius 3 is 2.62 bits per heavy atom. The lowest BCUT2D eigenvalue weighted by molar-refractivity contribution is -0.384. The first-order valence-electron chi connectivity index (χ1n) is 8.30. The van der Waals surface area contributed by atoms with E-state index in [-0.39, 0.29) is 10.6 Å². The number of nitro benzene ring substituents is 1. The largest absolute Gasteiger partial charge is 0.457 e. The molecule has 1 aliphatic heterocycles. The van der Waals surface area contributed by atoms with Gasteiger partial charge in [0.05, 0.1) is 15.5 Å². The fourth-order valence-corrected chi connectivity index (χ4v) is 3.80. The van der Waals surface area contributed by atoms with Gasteiger partial charge in [-0.3, -0.25) is 19.7 Å². The van der Waals surface area contributed by atoms with Gasteiger partial charge in [0.15, 0.2) is 0 Å². The van der Waals surface area contributed by atoms with Crippen LogP contribution in [0.25, 0.3) is 17.4 Å². The molecule has 0 bridgehead atoms. The highest BCUT2D eigenvalue weighted by atomic mass is 35.5. The number of carbonyl (C=O) groups is 2. The van der Waals surface area contributed by atoms with Crippen molar-refractivity contribution in [1.82, 2.24) is 0 Å². The second-order valence-electron chi connectivity index (χ2n) is 6.01. The van der Waals surface area contributed by atoms with Gasteiger partial charge in [0, 0.05) is 28.8 Å². The molecule has 2 heterocycles. The van der Waals surface area contributed by atoms with Gasteiger partial charge in [-0.2, -0.15) is 0 Å². The van der Waals surface area contributed by atoms with Crippen molar-refractivity contribution in [3.63, 3.8) is 0 Å². The van der Waals surface area contributed by atoms with Crippen LogP contribution in [0, 0.1) is 10.1 Å². The number of halogens is 1. The van der Waals surface area contributed by atoms with Gasteiger partial charge in [0.25, 0.3) is 16.8 Å². The minimum Gasteiger partial charge on any atom is -0.457 e. The number of furan rings is 1. The molecule has 1 aromatic heterocycles. The molecule has 0 radical (unpaired) electrons. The molecular weight excluding hydrogens is 416 g/mol. The summed E-state index contributed by atoms with van der Waals surface area (Å²) in [5, 5.41) is 10.9. The average Bonchev–Trinajstić information content (AvgIpc) is 3.26. The van der Waals surface area contributed by atoms with Gasteiger partial charge in [0.1, 0.15) is 11.5 Å². The molecule has 0 atom stereocenters. The number of imide groups is 1. The number of carbonyl (C=O) groups excluding carboxylic acids is 2. The van der Waals surface area contributed by atoms with Crippen LogP contribution in [-0.4, -0.2) is 16.1 Å². The first-order valence-corrected chi connectivity index (χ1v) is 9.50. The third-order valence-corrected chi connectivity index (χ3v) is 5.21. The number of rotatable bonds is 4. The van der Waals surface area contributed by atoms with E-state index in [1.54, 1.807) is 42.5 Å². The number of hydrogen-bond acceptors (Lipinski definition) is 6. The molecule has 3 aromatic rings. The zero-order valence-corrected chi connectivity index (χ0v) is 16.1. The fourth-order valence-electron chi connectivity index (χ4n) is 2.79. The summed E-state index contributed by atoms with van der Waals surface area (Å²) in [5.74, 6) is 0.285. The van der Waals surface area contributed by atoms with Crippen molar-refractivity contribution in [2.24, 2.45) is 0 Å². The third kappa shape index (κ3) is 3.80. The van der Waals surface area contributed by atoms with E-state index in [2.05, 4.69) is 0 Å². The zero-order chi connectivity index (χ0) is 20.5. The van der Waals surface area contributed by atoms with Crippen LogP contribution in [0.4, 0.5) is 16.2 Å². The summed E-state index contributed by atoms with van der Waals surface area (Å²) >= 11 is 6.74. The number of thioether (sulfide) groups is 1. The van der Waals surface area contributed by atoms with Crippen LogP contribution in [0.5, 0.6) is 0 Å². The number of amides is 2. The lowest BCUT2D eigenvalue weighted by Crippen LogP contribution is -2.27. The van der Waals surface area contributed by atoms with Crippen molar-refractivity contribution >= 4 is 52.0 Å². The average molecular weight is 427 g/mol. The summed E-state index contributed by atoms with van der Waals surface area (Å²) in [4.78, 5) is 36.7. The van der Waals surface area contributed by atoms with Gasteiger partial charge in [-0.15, -0.1) is 0 Å². The van der Waals surface area contributed by atoms with Crippen molar-refractivity contribution in [1.29, 1.82) is 0 Å². The molecule has 0 unspecified atom stereocenters. The number of anilines is 1. The van der Waals surface area contributed by atoms with E-state index in [0.717, 1.165) is 16.7 Å². The molecule has 0 N–H and O–H groups in total. The number of benzene rings is 2. The van der Waals surface area contributed by atoms with Crippen LogP contribution >= 0.6 is 23.4 Å². The molecule has 2 aromatic carbocycles. The smallest absolute Gasteiger partial charge is 0.298 e. The van der Waals surface area contributed by atoms with Gasteiger partial charge >= 0.3 is 0 Å². The minimum atomic E-state index is -0.487. The van der Waals surface area contributed by atoms with Gasteiger partial charge in [-0.05, 0) is 42.1 Å². The summed E-state index contributed by atoms with van der Waals surface area (Å²) in [5.41, 5.74) is 0.870. The molecule has 7 nitrogen and oxygen atoms in total. The summed E-state index contributed by atoms with van der Waals surface area (Å²) in [6.45, 7) is 0. The van der Waals surface area contributed by atoms with Crippen LogP contribution in [0.1, 0.15) is 5.76 Å². The van der Waals surface area contributed by atoms with Crippen LogP contribution in [0.15, 0.2) is 70.0 Å². The molecule has 1 fully saturated rings. The Morgan fingerprint density at radius 2 is 1.86 bits per heavy atom. The minimum absolute atomic E-state index is 0.0527. The SMILES string of the molecule is O=C1S/C(=C/c2ccc(-c3cccc([N+](=O)[O-])c3)o2)C(=O)N1c1cccc(Cl)c1. The molecule has 2 amide bonds. The number of non-ortho nitro benzene ring substituents is 1. The molecule has 0 spiro atoms. The maximum atomic E-state index is 12.7. The molecule has 1 aliphatic rings. The summed E-state index contributed by atoms with van der Waals surface area (Å²) in [6, 6.07) is 15.8. The highest BCUT2D eigenvalue weighted by Gasteiger charge is 2.36. The van der Waals surface area contributed by atoms with Gasteiger partial charge < -0.3 is 4.42 Å². The molecule has 9 heteroatoms. The van der Waals surface area contributed by atoms with E-state index in [4.69, 9.17) is 16.0 Å². The van der Waals surface area contributed by atoms with E-state index in [1.165, 1.54) is 24.3 Å². The van der Waals surface area contributed by atoms with E-state index in [0.29, 0.717) is 27.8 Å². The van der Waals surface area contributed by atoms with Crippen LogP contribution < -0.4 is 4.90 Å². The van der Waals surface area contributed by atoms with E-state index in [9.17, 15) is 19.7 Å². The highest BCUT2D eigenvalue weighted by Crippen LogP contribution is 2.37. The predicted octanol–water partition coefficient (Wildman–Crippen LogP) is 5.75. The molecule has 1 saturated heterocycles. The van der Waals surface area contributed by atoms with Crippen molar-refractivity contribution in [3.05, 3.63) is 86.5 Å². The fraction of sp³-hybridized carbons (Fsp3) is 0. The second kappa shape index (κ2) is 7.57. The molecule has 29 heavy (non-hydrogen) atoms. The maximum Gasteiger partial charge on any atom is 0.298 e.